The molecule has 4 rings (SSSR count). The van der Waals surface area contributed by atoms with Gasteiger partial charge in [-0.3, -0.25) is 4.79 Å². The molecule has 1 aromatic heterocycles. The van der Waals surface area contributed by atoms with Crippen LogP contribution in [0.4, 0.5) is 9.52 Å². The van der Waals surface area contributed by atoms with Gasteiger partial charge in [0, 0.05) is 25.9 Å². The molecule has 3 aromatic rings. The Morgan fingerprint density at radius 1 is 1.15 bits per heavy atom. The number of carbonyl (C=O) groups is 1. The number of para-hydroxylation sites is 1. The Balaban J connectivity index is 1.84. The van der Waals surface area contributed by atoms with Crippen molar-refractivity contribution in [1.29, 1.82) is 0 Å². The summed E-state index contributed by atoms with van der Waals surface area (Å²) < 4.78 is 14.6. The zero-order valence-corrected chi connectivity index (χ0v) is 15.0. The van der Waals surface area contributed by atoms with Crippen LogP contribution in [-0.4, -0.2) is 35.6 Å². The number of thiazole rings is 1. The van der Waals surface area contributed by atoms with Crippen LogP contribution in [0.15, 0.2) is 65.4 Å². The molecule has 0 atom stereocenters. The summed E-state index contributed by atoms with van der Waals surface area (Å²) in [5.41, 5.74) is 2.20. The van der Waals surface area contributed by atoms with E-state index in [0.717, 1.165) is 10.2 Å². The van der Waals surface area contributed by atoms with Crippen molar-refractivity contribution in [1.82, 2.24) is 9.88 Å². The van der Waals surface area contributed by atoms with E-state index in [1.54, 1.807) is 23.2 Å². The van der Waals surface area contributed by atoms with E-state index < -0.39 is 0 Å². The molecule has 0 bridgehead atoms. The summed E-state index contributed by atoms with van der Waals surface area (Å²) >= 11 is 1.39. The molecule has 0 saturated heterocycles. The van der Waals surface area contributed by atoms with Gasteiger partial charge in [-0.25, -0.2) is 9.37 Å². The van der Waals surface area contributed by atoms with Gasteiger partial charge in [0.1, 0.15) is 11.5 Å². The fourth-order valence-corrected chi connectivity index (χ4v) is 3.63. The highest BCUT2D eigenvalue weighted by Crippen LogP contribution is 2.33. The van der Waals surface area contributed by atoms with Crippen LogP contribution in [0, 0.1) is 5.82 Å². The highest BCUT2D eigenvalue weighted by atomic mass is 32.1. The number of hydrogen-bond acceptors (Lipinski definition) is 5. The largest absolute Gasteiger partial charge is 0.383 e. The maximum atomic E-state index is 13.7. The molecule has 0 spiro atoms. The molecular weight excluding hydrogens is 351 g/mol. The van der Waals surface area contributed by atoms with Crippen molar-refractivity contribution in [2.75, 3.05) is 19.1 Å². The third-order valence-electron chi connectivity index (χ3n) is 3.83. The average Bonchev–Trinajstić information content (AvgIpc) is 3.16. The molecule has 1 aliphatic heterocycles. The first-order chi connectivity index (χ1) is 12.5. The number of carbonyl (C=O) groups excluding carboxylic acids is 1. The minimum atomic E-state index is -0.375. The van der Waals surface area contributed by atoms with Gasteiger partial charge in [0.15, 0.2) is 0 Å². The highest BCUT2D eigenvalue weighted by Gasteiger charge is 2.34. The summed E-state index contributed by atoms with van der Waals surface area (Å²) in [5, 5.41) is 6.25. The lowest BCUT2D eigenvalue weighted by molar-refractivity contribution is -0.114. The van der Waals surface area contributed by atoms with E-state index >= 15 is 0 Å². The molecule has 1 amide bonds. The smallest absolute Gasteiger partial charge is 0.284 e. The van der Waals surface area contributed by atoms with E-state index in [-0.39, 0.29) is 11.7 Å². The Hall–Kier alpha value is -3.06. The molecule has 0 saturated carbocycles. The van der Waals surface area contributed by atoms with E-state index in [9.17, 15) is 9.18 Å². The van der Waals surface area contributed by atoms with Crippen LogP contribution < -0.4 is 5.01 Å². The number of halogens is 1. The molecule has 26 heavy (non-hydrogen) atoms. The standard InChI is InChI=1S/C19H15FN4OS/c1-23(2)11-14-17(12-6-5-7-13(20)10-12)22-24(18(14)25)19-21-15-8-3-4-9-16(15)26-19/h3-11H,1-2H3/b14-11+. The van der Waals surface area contributed by atoms with E-state index in [0.29, 0.717) is 22.0 Å². The fourth-order valence-electron chi connectivity index (χ4n) is 2.72. The summed E-state index contributed by atoms with van der Waals surface area (Å²) in [6.45, 7) is 0. The SMILES string of the molecule is CN(C)/C=C1/C(=O)N(c2nc3ccccc3s2)N=C1c1cccc(F)c1. The summed E-state index contributed by atoms with van der Waals surface area (Å²) in [6, 6.07) is 13.7. The maximum absolute atomic E-state index is 13.7. The van der Waals surface area contributed by atoms with Crippen LogP contribution in [0.5, 0.6) is 0 Å². The zero-order valence-electron chi connectivity index (χ0n) is 14.2. The van der Waals surface area contributed by atoms with Gasteiger partial charge in [0.25, 0.3) is 5.91 Å². The van der Waals surface area contributed by atoms with Crippen molar-refractivity contribution >= 4 is 38.3 Å². The first kappa shape index (κ1) is 16.4. The van der Waals surface area contributed by atoms with Crippen molar-refractivity contribution < 1.29 is 9.18 Å². The number of anilines is 1. The Morgan fingerprint density at radius 3 is 2.69 bits per heavy atom. The molecule has 130 valence electrons. The number of hydrogen-bond donors (Lipinski definition) is 0. The minimum Gasteiger partial charge on any atom is -0.383 e. The number of rotatable bonds is 3. The Kier molecular flexibility index (Phi) is 4.00. The third-order valence-corrected chi connectivity index (χ3v) is 4.84. The summed E-state index contributed by atoms with van der Waals surface area (Å²) in [5.74, 6) is -0.655. The lowest BCUT2D eigenvalue weighted by Gasteiger charge is -2.09. The third kappa shape index (κ3) is 2.86. The molecule has 0 unspecified atom stereocenters. The molecule has 5 nitrogen and oxygen atoms in total. The second kappa shape index (κ2) is 6.34. The van der Waals surface area contributed by atoms with Crippen LogP contribution >= 0.6 is 11.3 Å². The summed E-state index contributed by atoms with van der Waals surface area (Å²) in [7, 11) is 3.65. The summed E-state index contributed by atoms with van der Waals surface area (Å²) in [6.07, 6.45) is 1.69. The van der Waals surface area contributed by atoms with Gasteiger partial charge < -0.3 is 4.90 Å². The average molecular weight is 366 g/mol. The molecular formula is C19H15FN4OS. The van der Waals surface area contributed by atoms with E-state index in [1.165, 1.54) is 28.5 Å². The lowest BCUT2D eigenvalue weighted by Crippen LogP contribution is -2.22. The monoisotopic (exact) mass is 366 g/mol. The van der Waals surface area contributed by atoms with Gasteiger partial charge in [-0.15, -0.1) is 0 Å². The van der Waals surface area contributed by atoms with E-state index in [4.69, 9.17) is 0 Å². The maximum Gasteiger partial charge on any atom is 0.284 e. The van der Waals surface area contributed by atoms with Crippen molar-refractivity contribution in [3.8, 4) is 0 Å². The molecule has 2 heterocycles. The van der Waals surface area contributed by atoms with Gasteiger partial charge in [0.05, 0.1) is 15.8 Å². The molecule has 0 radical (unpaired) electrons. The molecule has 0 N–H and O–H groups in total. The van der Waals surface area contributed by atoms with Crippen LogP contribution in [-0.2, 0) is 4.79 Å². The van der Waals surface area contributed by atoms with Gasteiger partial charge in [-0.05, 0) is 24.3 Å². The predicted molar refractivity (Wildman–Crippen MR) is 102 cm³/mol. The molecule has 2 aromatic carbocycles. The number of benzene rings is 2. The van der Waals surface area contributed by atoms with Crippen molar-refractivity contribution in [2.24, 2.45) is 5.10 Å². The number of amides is 1. The van der Waals surface area contributed by atoms with Crippen LogP contribution in [0.2, 0.25) is 0 Å². The predicted octanol–water partition coefficient (Wildman–Crippen LogP) is 3.63. The number of nitrogens with zero attached hydrogens (tertiary/aromatic N) is 4. The summed E-state index contributed by atoms with van der Waals surface area (Å²) in [4.78, 5) is 19.3. The molecule has 0 aliphatic carbocycles. The van der Waals surface area contributed by atoms with Crippen molar-refractivity contribution in [2.45, 2.75) is 0 Å². The van der Waals surface area contributed by atoms with Crippen LogP contribution in [0.3, 0.4) is 0 Å². The van der Waals surface area contributed by atoms with Gasteiger partial charge >= 0.3 is 0 Å². The normalized spacial score (nSPS) is 15.8. The Morgan fingerprint density at radius 2 is 1.96 bits per heavy atom. The van der Waals surface area contributed by atoms with E-state index in [2.05, 4.69) is 10.1 Å². The van der Waals surface area contributed by atoms with Crippen molar-refractivity contribution in [3.05, 3.63) is 71.7 Å². The Bertz CT molecular complexity index is 1040. The van der Waals surface area contributed by atoms with Crippen LogP contribution in [0.25, 0.3) is 10.2 Å². The molecule has 1 aliphatic rings. The number of hydrazone groups is 1. The topological polar surface area (TPSA) is 48.8 Å². The van der Waals surface area contributed by atoms with E-state index in [1.807, 2.05) is 38.4 Å². The quantitative estimate of drug-likeness (QED) is 0.665. The van der Waals surface area contributed by atoms with Gasteiger partial charge in [0.2, 0.25) is 5.13 Å². The zero-order chi connectivity index (χ0) is 18.3. The first-order valence-corrected chi connectivity index (χ1v) is 8.78. The molecule has 0 fully saturated rings. The van der Waals surface area contributed by atoms with Gasteiger partial charge in [-0.1, -0.05) is 35.6 Å². The van der Waals surface area contributed by atoms with Crippen molar-refractivity contribution in [3.63, 3.8) is 0 Å². The molecule has 7 heteroatoms. The Labute approximate surface area is 153 Å². The second-order valence-corrected chi connectivity index (χ2v) is 7.06. The first-order valence-electron chi connectivity index (χ1n) is 7.96. The minimum absolute atomic E-state index is 0.281. The lowest BCUT2D eigenvalue weighted by atomic mass is 10.0. The second-order valence-electron chi connectivity index (χ2n) is 6.05. The number of fused-ring (bicyclic) bond motifs is 1. The van der Waals surface area contributed by atoms with Gasteiger partial charge in [-0.2, -0.15) is 10.1 Å². The van der Waals surface area contributed by atoms with Crippen LogP contribution in [0.1, 0.15) is 5.56 Å². The highest BCUT2D eigenvalue weighted by molar-refractivity contribution is 7.22. The fraction of sp³-hybridized carbons (Fsp3) is 0.105. The number of aromatic nitrogens is 1.